The second kappa shape index (κ2) is 6.32. The molecule has 0 saturated heterocycles. The van der Waals surface area contributed by atoms with Crippen LogP contribution < -0.4 is 5.32 Å². The fourth-order valence-corrected chi connectivity index (χ4v) is 2.93. The molecule has 0 fully saturated rings. The molecular weight excluding hydrogens is 264 g/mol. The van der Waals surface area contributed by atoms with Crippen molar-refractivity contribution in [2.75, 3.05) is 6.54 Å². The molecule has 0 spiro atoms. The number of aryl methyl sites for hydroxylation is 1. The van der Waals surface area contributed by atoms with E-state index in [0.29, 0.717) is 0 Å². The van der Waals surface area contributed by atoms with Crippen LogP contribution in [0.3, 0.4) is 0 Å². The van der Waals surface area contributed by atoms with Gasteiger partial charge in [-0.25, -0.2) is 4.98 Å². The summed E-state index contributed by atoms with van der Waals surface area (Å²) in [6, 6.07) is 7.94. The van der Waals surface area contributed by atoms with Crippen molar-refractivity contribution < 1.29 is 0 Å². The first-order valence-corrected chi connectivity index (χ1v) is 7.33. The quantitative estimate of drug-likeness (QED) is 0.827. The van der Waals surface area contributed by atoms with Gasteiger partial charge in [0.25, 0.3) is 0 Å². The molecule has 18 heavy (non-hydrogen) atoms. The molecule has 0 aliphatic carbocycles. The van der Waals surface area contributed by atoms with E-state index in [-0.39, 0.29) is 0 Å². The first kappa shape index (κ1) is 13.5. The monoisotopic (exact) mass is 280 g/mol. The zero-order valence-corrected chi connectivity index (χ0v) is 12.2. The standard InChI is InChI=1S/C14H17ClN2S/c1-3-8-16-9-13-17-10(2)14(18-13)11-4-6-12(15)7-5-11/h4-7,16H,3,8-9H2,1-2H3. The summed E-state index contributed by atoms with van der Waals surface area (Å²) in [4.78, 5) is 5.84. The van der Waals surface area contributed by atoms with Crippen LogP contribution in [0.1, 0.15) is 24.0 Å². The third kappa shape index (κ3) is 3.31. The molecule has 0 radical (unpaired) electrons. The number of hydrogen-bond acceptors (Lipinski definition) is 3. The maximum absolute atomic E-state index is 5.91. The minimum atomic E-state index is 0.769. The predicted molar refractivity (Wildman–Crippen MR) is 79.3 cm³/mol. The lowest BCUT2D eigenvalue weighted by molar-refractivity contribution is 0.672. The summed E-state index contributed by atoms with van der Waals surface area (Å²) >= 11 is 7.66. The van der Waals surface area contributed by atoms with Gasteiger partial charge in [0.1, 0.15) is 5.01 Å². The van der Waals surface area contributed by atoms with Crippen LogP contribution in [0, 0.1) is 6.92 Å². The molecule has 0 bridgehead atoms. The predicted octanol–water partition coefficient (Wildman–Crippen LogP) is 4.27. The van der Waals surface area contributed by atoms with Gasteiger partial charge in [0.15, 0.2) is 0 Å². The van der Waals surface area contributed by atoms with Crippen LogP contribution >= 0.6 is 22.9 Å². The molecule has 0 aliphatic rings. The van der Waals surface area contributed by atoms with Crippen molar-refractivity contribution in [2.24, 2.45) is 0 Å². The van der Waals surface area contributed by atoms with Crippen LogP contribution in [0.2, 0.25) is 5.02 Å². The van der Waals surface area contributed by atoms with Crippen LogP contribution in [0.15, 0.2) is 24.3 Å². The van der Waals surface area contributed by atoms with Crippen molar-refractivity contribution in [1.82, 2.24) is 10.3 Å². The largest absolute Gasteiger partial charge is 0.310 e. The molecular formula is C14H17ClN2S. The average Bonchev–Trinajstić information content (AvgIpc) is 2.72. The normalized spacial score (nSPS) is 10.8. The molecule has 96 valence electrons. The minimum absolute atomic E-state index is 0.769. The van der Waals surface area contributed by atoms with E-state index >= 15 is 0 Å². The maximum atomic E-state index is 5.91. The van der Waals surface area contributed by atoms with Gasteiger partial charge in [-0.15, -0.1) is 11.3 Å². The SMILES string of the molecule is CCCNCc1nc(C)c(-c2ccc(Cl)cc2)s1. The molecule has 2 rings (SSSR count). The van der Waals surface area contributed by atoms with E-state index in [0.717, 1.165) is 35.2 Å². The molecule has 1 aromatic heterocycles. The van der Waals surface area contributed by atoms with Gasteiger partial charge in [0, 0.05) is 11.6 Å². The zero-order valence-electron chi connectivity index (χ0n) is 10.7. The lowest BCUT2D eigenvalue weighted by Gasteiger charge is -1.98. The van der Waals surface area contributed by atoms with Gasteiger partial charge in [0.2, 0.25) is 0 Å². The Labute approximate surface area is 117 Å². The number of benzene rings is 1. The Morgan fingerprint density at radius 2 is 2.00 bits per heavy atom. The molecule has 0 unspecified atom stereocenters. The summed E-state index contributed by atoms with van der Waals surface area (Å²) in [5.74, 6) is 0. The van der Waals surface area contributed by atoms with Gasteiger partial charge in [-0.2, -0.15) is 0 Å². The van der Waals surface area contributed by atoms with Crippen molar-refractivity contribution in [2.45, 2.75) is 26.8 Å². The lowest BCUT2D eigenvalue weighted by Crippen LogP contribution is -2.13. The van der Waals surface area contributed by atoms with Crippen LogP contribution in [0.25, 0.3) is 10.4 Å². The summed E-state index contributed by atoms with van der Waals surface area (Å²) in [6.07, 6.45) is 1.15. The van der Waals surface area contributed by atoms with Crippen molar-refractivity contribution >= 4 is 22.9 Å². The molecule has 0 aliphatic heterocycles. The van der Waals surface area contributed by atoms with E-state index in [4.69, 9.17) is 11.6 Å². The Bertz CT molecular complexity index is 505. The second-order valence-electron chi connectivity index (χ2n) is 4.21. The zero-order chi connectivity index (χ0) is 13.0. The van der Waals surface area contributed by atoms with Gasteiger partial charge in [-0.3, -0.25) is 0 Å². The summed E-state index contributed by atoms with van der Waals surface area (Å²) in [5.41, 5.74) is 2.28. The van der Waals surface area contributed by atoms with Gasteiger partial charge >= 0.3 is 0 Å². The van der Waals surface area contributed by atoms with E-state index in [1.807, 2.05) is 24.3 Å². The van der Waals surface area contributed by atoms with Crippen molar-refractivity contribution in [3.05, 3.63) is 40.0 Å². The minimum Gasteiger partial charge on any atom is -0.310 e. The molecule has 1 N–H and O–H groups in total. The fourth-order valence-electron chi connectivity index (χ4n) is 1.77. The Kier molecular flexibility index (Phi) is 4.75. The van der Waals surface area contributed by atoms with Gasteiger partial charge < -0.3 is 5.32 Å². The van der Waals surface area contributed by atoms with Crippen LogP contribution in [-0.2, 0) is 6.54 Å². The highest BCUT2D eigenvalue weighted by atomic mass is 35.5. The Morgan fingerprint density at radius 1 is 1.28 bits per heavy atom. The number of thiazole rings is 1. The van der Waals surface area contributed by atoms with E-state index in [1.54, 1.807) is 11.3 Å². The van der Waals surface area contributed by atoms with Crippen molar-refractivity contribution in [3.63, 3.8) is 0 Å². The van der Waals surface area contributed by atoms with Crippen LogP contribution in [0.5, 0.6) is 0 Å². The van der Waals surface area contributed by atoms with E-state index < -0.39 is 0 Å². The number of hydrogen-bond donors (Lipinski definition) is 1. The highest BCUT2D eigenvalue weighted by Crippen LogP contribution is 2.30. The highest BCUT2D eigenvalue weighted by Gasteiger charge is 2.09. The number of halogens is 1. The van der Waals surface area contributed by atoms with Gasteiger partial charge in [-0.05, 0) is 37.6 Å². The van der Waals surface area contributed by atoms with Crippen molar-refractivity contribution in [1.29, 1.82) is 0 Å². The number of aromatic nitrogens is 1. The number of nitrogens with one attached hydrogen (secondary N) is 1. The second-order valence-corrected chi connectivity index (χ2v) is 5.73. The van der Waals surface area contributed by atoms with E-state index in [1.165, 1.54) is 10.4 Å². The Balaban J connectivity index is 2.16. The molecule has 0 amide bonds. The van der Waals surface area contributed by atoms with E-state index in [2.05, 4.69) is 24.1 Å². The fraction of sp³-hybridized carbons (Fsp3) is 0.357. The molecule has 0 atom stereocenters. The summed E-state index contributed by atoms with van der Waals surface area (Å²) in [5, 5.41) is 5.29. The topological polar surface area (TPSA) is 24.9 Å². The summed E-state index contributed by atoms with van der Waals surface area (Å²) in [7, 11) is 0. The summed E-state index contributed by atoms with van der Waals surface area (Å²) < 4.78 is 0. The van der Waals surface area contributed by atoms with Crippen LogP contribution in [-0.4, -0.2) is 11.5 Å². The molecule has 4 heteroatoms. The Morgan fingerprint density at radius 3 is 2.67 bits per heavy atom. The smallest absolute Gasteiger partial charge is 0.107 e. The molecule has 1 heterocycles. The van der Waals surface area contributed by atoms with Gasteiger partial charge in [-0.1, -0.05) is 30.7 Å². The number of nitrogens with zero attached hydrogens (tertiary/aromatic N) is 1. The third-order valence-electron chi connectivity index (χ3n) is 2.65. The van der Waals surface area contributed by atoms with E-state index in [9.17, 15) is 0 Å². The molecule has 0 saturated carbocycles. The van der Waals surface area contributed by atoms with Gasteiger partial charge in [0.05, 0.1) is 10.6 Å². The first-order valence-electron chi connectivity index (χ1n) is 6.13. The molecule has 1 aromatic carbocycles. The Hall–Kier alpha value is -0.900. The third-order valence-corrected chi connectivity index (χ3v) is 4.11. The average molecular weight is 281 g/mol. The molecule has 2 aromatic rings. The lowest BCUT2D eigenvalue weighted by atomic mass is 10.2. The highest BCUT2D eigenvalue weighted by molar-refractivity contribution is 7.15. The molecule has 2 nitrogen and oxygen atoms in total. The maximum Gasteiger partial charge on any atom is 0.107 e. The summed E-state index contributed by atoms with van der Waals surface area (Å²) in [6.45, 7) is 6.12. The number of rotatable bonds is 5. The van der Waals surface area contributed by atoms with Crippen molar-refractivity contribution in [3.8, 4) is 10.4 Å². The first-order chi connectivity index (χ1) is 8.70. The van der Waals surface area contributed by atoms with Crippen LogP contribution in [0.4, 0.5) is 0 Å².